The molecule has 16 heavy (non-hydrogen) atoms. The molecule has 1 heterocycles. The molecule has 1 aliphatic heterocycles. The lowest BCUT2D eigenvalue weighted by Gasteiger charge is -2.20. The van der Waals surface area contributed by atoms with Crippen molar-refractivity contribution in [1.82, 2.24) is 4.90 Å². The highest BCUT2D eigenvalue weighted by Gasteiger charge is 2.28. The summed E-state index contributed by atoms with van der Waals surface area (Å²) < 4.78 is 5.04. The van der Waals surface area contributed by atoms with Crippen LogP contribution >= 0.6 is 0 Å². The molecule has 1 saturated heterocycles. The number of rotatable bonds is 5. The normalized spacial score (nSPS) is 24.5. The predicted molar refractivity (Wildman–Crippen MR) is 64.0 cm³/mol. The highest BCUT2D eigenvalue weighted by atomic mass is 16.5. The van der Waals surface area contributed by atoms with Gasteiger partial charge in [0, 0.05) is 39.3 Å². The van der Waals surface area contributed by atoms with Gasteiger partial charge in [-0.1, -0.05) is 6.92 Å². The third-order valence-corrected chi connectivity index (χ3v) is 3.30. The van der Waals surface area contributed by atoms with Gasteiger partial charge in [-0.05, 0) is 25.2 Å². The number of methoxy groups -OCH3 is 1. The van der Waals surface area contributed by atoms with Gasteiger partial charge in [0.2, 0.25) is 5.91 Å². The van der Waals surface area contributed by atoms with Gasteiger partial charge in [0.05, 0.1) is 0 Å². The van der Waals surface area contributed by atoms with Crippen molar-refractivity contribution in [2.75, 3.05) is 26.8 Å². The van der Waals surface area contributed by atoms with E-state index < -0.39 is 0 Å². The number of nitrogens with two attached hydrogens (primary N) is 1. The number of hydrogen-bond donors (Lipinski definition) is 1. The van der Waals surface area contributed by atoms with E-state index in [4.69, 9.17) is 10.5 Å². The molecule has 94 valence electrons. The predicted octanol–water partition coefficient (Wildman–Crippen LogP) is 0.855. The fraction of sp³-hybridized carbons (Fsp3) is 0.917. The van der Waals surface area contributed by atoms with Crippen molar-refractivity contribution in [3.05, 3.63) is 0 Å². The quantitative estimate of drug-likeness (QED) is 0.759. The first-order valence-corrected chi connectivity index (χ1v) is 6.07. The smallest absolute Gasteiger partial charge is 0.222 e. The van der Waals surface area contributed by atoms with Gasteiger partial charge in [0.25, 0.3) is 0 Å². The first-order valence-electron chi connectivity index (χ1n) is 6.07. The molecular weight excluding hydrogens is 204 g/mol. The van der Waals surface area contributed by atoms with Gasteiger partial charge >= 0.3 is 0 Å². The summed E-state index contributed by atoms with van der Waals surface area (Å²) in [4.78, 5) is 13.9. The van der Waals surface area contributed by atoms with E-state index in [1.54, 1.807) is 7.11 Å². The zero-order valence-electron chi connectivity index (χ0n) is 10.6. The van der Waals surface area contributed by atoms with Crippen LogP contribution in [0.4, 0.5) is 0 Å². The SMILES string of the molecule is COCC(C)CC(=O)N1CCC(C(C)N)C1. The Morgan fingerprint density at radius 1 is 1.56 bits per heavy atom. The molecule has 0 radical (unpaired) electrons. The summed E-state index contributed by atoms with van der Waals surface area (Å²) >= 11 is 0. The summed E-state index contributed by atoms with van der Waals surface area (Å²) in [5, 5.41) is 0. The number of carbonyl (C=O) groups is 1. The molecule has 1 aliphatic rings. The molecule has 0 saturated carbocycles. The molecular formula is C12H24N2O2. The maximum absolute atomic E-state index is 11.9. The van der Waals surface area contributed by atoms with E-state index in [-0.39, 0.29) is 11.9 Å². The van der Waals surface area contributed by atoms with Crippen LogP contribution in [0.1, 0.15) is 26.7 Å². The van der Waals surface area contributed by atoms with Crippen molar-refractivity contribution >= 4 is 5.91 Å². The summed E-state index contributed by atoms with van der Waals surface area (Å²) in [6.07, 6.45) is 1.63. The molecule has 0 aliphatic carbocycles. The van der Waals surface area contributed by atoms with Gasteiger partial charge in [-0.15, -0.1) is 0 Å². The van der Waals surface area contributed by atoms with Gasteiger partial charge in [-0.25, -0.2) is 0 Å². The minimum Gasteiger partial charge on any atom is -0.384 e. The Morgan fingerprint density at radius 2 is 2.25 bits per heavy atom. The molecule has 3 atom stereocenters. The number of nitrogens with zero attached hydrogens (tertiary/aromatic N) is 1. The summed E-state index contributed by atoms with van der Waals surface area (Å²) in [5.41, 5.74) is 5.85. The maximum atomic E-state index is 11.9. The van der Waals surface area contributed by atoms with E-state index in [1.165, 1.54) is 0 Å². The highest BCUT2D eigenvalue weighted by molar-refractivity contribution is 5.76. The zero-order valence-corrected chi connectivity index (χ0v) is 10.6. The number of hydrogen-bond acceptors (Lipinski definition) is 3. The molecule has 0 spiro atoms. The molecule has 4 heteroatoms. The van der Waals surface area contributed by atoms with Gasteiger partial charge in [0.1, 0.15) is 0 Å². The topological polar surface area (TPSA) is 55.6 Å². The molecule has 1 rings (SSSR count). The summed E-state index contributed by atoms with van der Waals surface area (Å²) in [7, 11) is 1.67. The Morgan fingerprint density at radius 3 is 2.75 bits per heavy atom. The van der Waals surface area contributed by atoms with Crippen LogP contribution in [0.3, 0.4) is 0 Å². The van der Waals surface area contributed by atoms with Gasteiger partial charge in [0.15, 0.2) is 0 Å². The third-order valence-electron chi connectivity index (χ3n) is 3.30. The van der Waals surface area contributed by atoms with Crippen LogP contribution in [-0.4, -0.2) is 43.7 Å². The fourth-order valence-electron chi connectivity index (χ4n) is 2.21. The second-order valence-corrected chi connectivity index (χ2v) is 5.01. The lowest BCUT2D eigenvalue weighted by molar-refractivity contribution is -0.131. The Balaban J connectivity index is 2.33. The minimum atomic E-state index is 0.189. The van der Waals surface area contributed by atoms with E-state index >= 15 is 0 Å². The second kappa shape index (κ2) is 6.21. The van der Waals surface area contributed by atoms with Crippen molar-refractivity contribution in [2.24, 2.45) is 17.6 Å². The van der Waals surface area contributed by atoms with E-state index in [0.29, 0.717) is 24.9 Å². The summed E-state index contributed by atoms with van der Waals surface area (Å²) in [6, 6.07) is 0.189. The first kappa shape index (κ1) is 13.5. The largest absolute Gasteiger partial charge is 0.384 e. The van der Waals surface area contributed by atoms with Crippen LogP contribution in [0.25, 0.3) is 0 Å². The van der Waals surface area contributed by atoms with Crippen LogP contribution < -0.4 is 5.73 Å². The van der Waals surface area contributed by atoms with Crippen LogP contribution in [0.15, 0.2) is 0 Å². The van der Waals surface area contributed by atoms with E-state index in [1.807, 2.05) is 18.7 Å². The molecule has 3 unspecified atom stereocenters. The van der Waals surface area contributed by atoms with Gasteiger partial charge < -0.3 is 15.4 Å². The monoisotopic (exact) mass is 228 g/mol. The first-order chi connectivity index (χ1) is 7.54. The van der Waals surface area contributed by atoms with Crippen LogP contribution in [0.2, 0.25) is 0 Å². The van der Waals surface area contributed by atoms with Crippen molar-refractivity contribution in [1.29, 1.82) is 0 Å². The summed E-state index contributed by atoms with van der Waals surface area (Å²) in [6.45, 7) is 6.41. The van der Waals surface area contributed by atoms with Gasteiger partial charge in [-0.2, -0.15) is 0 Å². The number of likely N-dealkylation sites (tertiary alicyclic amines) is 1. The Labute approximate surface area is 98.1 Å². The molecule has 1 amide bonds. The average molecular weight is 228 g/mol. The molecule has 0 aromatic heterocycles. The van der Waals surface area contributed by atoms with E-state index in [2.05, 4.69) is 0 Å². The molecule has 4 nitrogen and oxygen atoms in total. The molecule has 1 fully saturated rings. The van der Waals surface area contributed by atoms with Crippen LogP contribution in [-0.2, 0) is 9.53 Å². The van der Waals surface area contributed by atoms with E-state index in [0.717, 1.165) is 19.5 Å². The fourth-order valence-corrected chi connectivity index (χ4v) is 2.21. The number of ether oxygens (including phenoxy) is 1. The van der Waals surface area contributed by atoms with Crippen molar-refractivity contribution in [3.63, 3.8) is 0 Å². The summed E-state index contributed by atoms with van der Waals surface area (Å²) in [5.74, 6) is 1.02. The molecule has 0 aromatic rings. The standard InChI is InChI=1S/C12H24N2O2/c1-9(8-16-3)6-12(15)14-5-4-11(7-14)10(2)13/h9-11H,4-8,13H2,1-3H3. The molecule has 0 bridgehead atoms. The lowest BCUT2D eigenvalue weighted by atomic mass is 10.0. The highest BCUT2D eigenvalue weighted by Crippen LogP contribution is 2.20. The van der Waals surface area contributed by atoms with Crippen LogP contribution in [0.5, 0.6) is 0 Å². The second-order valence-electron chi connectivity index (χ2n) is 5.01. The lowest BCUT2D eigenvalue weighted by Crippen LogP contribution is -2.33. The number of amides is 1. The average Bonchev–Trinajstić information content (AvgIpc) is 2.66. The van der Waals surface area contributed by atoms with E-state index in [9.17, 15) is 4.79 Å². The molecule has 2 N–H and O–H groups in total. The maximum Gasteiger partial charge on any atom is 0.222 e. The Kier molecular flexibility index (Phi) is 5.22. The molecule has 0 aromatic carbocycles. The van der Waals surface area contributed by atoms with Crippen molar-refractivity contribution in [2.45, 2.75) is 32.7 Å². The Bertz CT molecular complexity index is 231. The van der Waals surface area contributed by atoms with Gasteiger partial charge in [-0.3, -0.25) is 4.79 Å². The Hall–Kier alpha value is -0.610. The number of carbonyl (C=O) groups excluding carboxylic acids is 1. The van der Waals surface area contributed by atoms with Crippen LogP contribution in [0, 0.1) is 11.8 Å². The minimum absolute atomic E-state index is 0.189. The third kappa shape index (κ3) is 3.76. The zero-order chi connectivity index (χ0) is 12.1. The van der Waals surface area contributed by atoms with Crippen molar-refractivity contribution < 1.29 is 9.53 Å². The van der Waals surface area contributed by atoms with Crippen molar-refractivity contribution in [3.8, 4) is 0 Å².